The Kier molecular flexibility index (Phi) is 4.86. The normalized spacial score (nSPS) is 11.2. The third-order valence-electron chi connectivity index (χ3n) is 2.63. The SMILES string of the molecule is O=C(NCCCS(=O)(=O)c1ccncc1)c1cccs1. The van der Waals surface area contributed by atoms with Crippen LogP contribution >= 0.6 is 11.3 Å². The average molecular weight is 310 g/mol. The summed E-state index contributed by atoms with van der Waals surface area (Å²) in [5.74, 6) is -0.164. The van der Waals surface area contributed by atoms with E-state index >= 15 is 0 Å². The summed E-state index contributed by atoms with van der Waals surface area (Å²) in [4.78, 5) is 16.3. The van der Waals surface area contributed by atoms with Crippen molar-refractivity contribution in [2.24, 2.45) is 0 Å². The number of nitrogens with one attached hydrogen (secondary N) is 1. The Hall–Kier alpha value is -1.73. The molecule has 0 saturated carbocycles. The summed E-state index contributed by atoms with van der Waals surface area (Å²) in [6.07, 6.45) is 3.28. The van der Waals surface area contributed by atoms with Crippen LogP contribution in [0.25, 0.3) is 0 Å². The van der Waals surface area contributed by atoms with Crippen molar-refractivity contribution >= 4 is 27.1 Å². The van der Waals surface area contributed by atoms with Crippen molar-refractivity contribution in [3.05, 3.63) is 46.9 Å². The van der Waals surface area contributed by atoms with Gasteiger partial charge in [-0.2, -0.15) is 0 Å². The van der Waals surface area contributed by atoms with Crippen molar-refractivity contribution < 1.29 is 13.2 Å². The van der Waals surface area contributed by atoms with Crippen LogP contribution < -0.4 is 5.32 Å². The first-order chi connectivity index (χ1) is 9.59. The maximum atomic E-state index is 12.0. The summed E-state index contributed by atoms with van der Waals surface area (Å²) >= 11 is 1.35. The Morgan fingerprint density at radius 1 is 1.25 bits per heavy atom. The lowest BCUT2D eigenvalue weighted by Gasteiger charge is -2.05. The summed E-state index contributed by atoms with van der Waals surface area (Å²) in [6, 6.07) is 6.47. The molecule has 106 valence electrons. The number of amides is 1. The minimum Gasteiger partial charge on any atom is -0.351 e. The van der Waals surface area contributed by atoms with E-state index in [0.717, 1.165) is 0 Å². The van der Waals surface area contributed by atoms with Gasteiger partial charge in [0.1, 0.15) is 0 Å². The number of carbonyl (C=O) groups excluding carboxylic acids is 1. The van der Waals surface area contributed by atoms with Gasteiger partial charge < -0.3 is 5.32 Å². The van der Waals surface area contributed by atoms with Gasteiger partial charge >= 0.3 is 0 Å². The minimum atomic E-state index is -3.30. The number of hydrogen-bond donors (Lipinski definition) is 1. The molecule has 0 fully saturated rings. The zero-order chi connectivity index (χ0) is 14.4. The summed E-state index contributed by atoms with van der Waals surface area (Å²) < 4.78 is 23.9. The highest BCUT2D eigenvalue weighted by Crippen LogP contribution is 2.10. The molecule has 0 unspecified atom stereocenters. The molecule has 0 radical (unpaired) electrons. The van der Waals surface area contributed by atoms with E-state index in [4.69, 9.17) is 0 Å². The zero-order valence-corrected chi connectivity index (χ0v) is 12.3. The fourth-order valence-corrected chi connectivity index (χ4v) is 3.56. The van der Waals surface area contributed by atoms with E-state index in [2.05, 4.69) is 10.3 Å². The zero-order valence-electron chi connectivity index (χ0n) is 10.7. The van der Waals surface area contributed by atoms with Crippen LogP contribution in [0.3, 0.4) is 0 Å². The molecule has 20 heavy (non-hydrogen) atoms. The summed E-state index contributed by atoms with van der Waals surface area (Å²) in [5, 5.41) is 4.53. The molecule has 1 N–H and O–H groups in total. The molecule has 0 aliphatic rings. The number of sulfone groups is 1. The van der Waals surface area contributed by atoms with E-state index in [1.165, 1.54) is 35.9 Å². The number of carbonyl (C=O) groups is 1. The number of nitrogens with zero attached hydrogens (tertiary/aromatic N) is 1. The molecule has 5 nitrogen and oxygen atoms in total. The van der Waals surface area contributed by atoms with Crippen LogP contribution in [0.5, 0.6) is 0 Å². The molecule has 0 aromatic carbocycles. The second kappa shape index (κ2) is 6.62. The fourth-order valence-electron chi connectivity index (χ4n) is 1.62. The highest BCUT2D eigenvalue weighted by atomic mass is 32.2. The molecule has 7 heteroatoms. The maximum absolute atomic E-state index is 12.0. The Balaban J connectivity index is 1.80. The molecule has 0 bridgehead atoms. The van der Waals surface area contributed by atoms with Gasteiger partial charge in [0.05, 0.1) is 15.5 Å². The molecule has 1 amide bonds. The Morgan fingerprint density at radius 2 is 2.00 bits per heavy atom. The van der Waals surface area contributed by atoms with Crippen LogP contribution in [0.2, 0.25) is 0 Å². The molecule has 0 atom stereocenters. The maximum Gasteiger partial charge on any atom is 0.261 e. The molecule has 2 aromatic heterocycles. The van der Waals surface area contributed by atoms with Crippen LogP contribution in [0.15, 0.2) is 46.9 Å². The van der Waals surface area contributed by atoms with E-state index < -0.39 is 9.84 Å². The van der Waals surface area contributed by atoms with Gasteiger partial charge in [-0.1, -0.05) is 6.07 Å². The predicted molar refractivity (Wildman–Crippen MR) is 77.6 cm³/mol. The van der Waals surface area contributed by atoms with E-state index in [-0.39, 0.29) is 16.6 Å². The second-order valence-electron chi connectivity index (χ2n) is 4.09. The number of hydrogen-bond acceptors (Lipinski definition) is 5. The first kappa shape index (κ1) is 14.7. The van der Waals surface area contributed by atoms with Gasteiger partial charge in [-0.3, -0.25) is 9.78 Å². The van der Waals surface area contributed by atoms with Crippen LogP contribution in [0.1, 0.15) is 16.1 Å². The fraction of sp³-hybridized carbons (Fsp3) is 0.231. The lowest BCUT2D eigenvalue weighted by atomic mass is 10.4. The molecular formula is C13H14N2O3S2. The largest absolute Gasteiger partial charge is 0.351 e. The summed E-state index contributed by atoms with van der Waals surface area (Å²) in [5.41, 5.74) is 0. The lowest BCUT2D eigenvalue weighted by Crippen LogP contribution is -2.25. The second-order valence-corrected chi connectivity index (χ2v) is 7.15. The van der Waals surface area contributed by atoms with Crippen molar-refractivity contribution in [1.82, 2.24) is 10.3 Å². The van der Waals surface area contributed by atoms with Crippen molar-refractivity contribution in [2.75, 3.05) is 12.3 Å². The van der Waals surface area contributed by atoms with Gasteiger partial charge in [-0.15, -0.1) is 11.3 Å². The van der Waals surface area contributed by atoms with Crippen molar-refractivity contribution in [3.63, 3.8) is 0 Å². The van der Waals surface area contributed by atoms with E-state index in [1.807, 2.05) is 5.38 Å². The predicted octanol–water partition coefficient (Wildman–Crippen LogP) is 1.74. The van der Waals surface area contributed by atoms with Crippen LogP contribution in [-0.2, 0) is 9.84 Å². The van der Waals surface area contributed by atoms with Gasteiger partial charge in [-0.05, 0) is 30.0 Å². The third kappa shape index (κ3) is 3.88. The minimum absolute atomic E-state index is 0.00172. The van der Waals surface area contributed by atoms with Crippen LogP contribution in [0.4, 0.5) is 0 Å². The van der Waals surface area contributed by atoms with Gasteiger partial charge in [-0.25, -0.2) is 8.42 Å². The van der Waals surface area contributed by atoms with Crippen LogP contribution in [-0.4, -0.2) is 31.6 Å². The van der Waals surface area contributed by atoms with E-state index in [0.29, 0.717) is 17.8 Å². The monoisotopic (exact) mass is 310 g/mol. The Bertz CT molecular complexity index is 652. The topological polar surface area (TPSA) is 76.1 Å². The summed E-state index contributed by atoms with van der Waals surface area (Å²) in [7, 11) is -3.30. The molecule has 0 spiro atoms. The van der Waals surface area contributed by atoms with E-state index in [9.17, 15) is 13.2 Å². The first-order valence-electron chi connectivity index (χ1n) is 6.04. The first-order valence-corrected chi connectivity index (χ1v) is 8.57. The Labute approximate surface area is 121 Å². The molecule has 2 aromatic rings. The van der Waals surface area contributed by atoms with Crippen LogP contribution in [0, 0.1) is 0 Å². The van der Waals surface area contributed by atoms with Crippen molar-refractivity contribution in [1.29, 1.82) is 0 Å². The highest BCUT2D eigenvalue weighted by Gasteiger charge is 2.13. The van der Waals surface area contributed by atoms with Gasteiger partial charge in [0.25, 0.3) is 5.91 Å². The number of thiophene rings is 1. The number of aromatic nitrogens is 1. The molecule has 0 saturated heterocycles. The molecule has 0 aliphatic carbocycles. The van der Waals surface area contributed by atoms with E-state index in [1.54, 1.807) is 12.1 Å². The summed E-state index contributed by atoms with van der Waals surface area (Å²) in [6.45, 7) is 0.334. The molecule has 2 heterocycles. The number of pyridine rings is 1. The standard InChI is InChI=1S/C13H14N2O3S2/c16-13(12-3-1-9-19-12)15-6-2-10-20(17,18)11-4-7-14-8-5-11/h1,3-5,7-9H,2,6,10H2,(H,15,16). The van der Waals surface area contributed by atoms with Crippen molar-refractivity contribution in [2.45, 2.75) is 11.3 Å². The van der Waals surface area contributed by atoms with Gasteiger partial charge in [0.15, 0.2) is 9.84 Å². The third-order valence-corrected chi connectivity index (χ3v) is 5.31. The van der Waals surface area contributed by atoms with Gasteiger partial charge in [0.2, 0.25) is 0 Å². The smallest absolute Gasteiger partial charge is 0.261 e. The molecule has 0 aliphatic heterocycles. The average Bonchev–Trinajstić information content (AvgIpc) is 2.98. The molecule has 2 rings (SSSR count). The lowest BCUT2D eigenvalue weighted by molar-refractivity contribution is 0.0957. The number of rotatable bonds is 6. The highest BCUT2D eigenvalue weighted by molar-refractivity contribution is 7.91. The van der Waals surface area contributed by atoms with Gasteiger partial charge in [0, 0.05) is 18.9 Å². The Morgan fingerprint density at radius 3 is 2.65 bits per heavy atom. The van der Waals surface area contributed by atoms with Crippen molar-refractivity contribution in [3.8, 4) is 0 Å². The quantitative estimate of drug-likeness (QED) is 0.825. The molecular weight excluding hydrogens is 296 g/mol.